The van der Waals surface area contributed by atoms with Gasteiger partial charge in [-0.3, -0.25) is 9.52 Å². The second kappa shape index (κ2) is 14.7. The molecule has 1 atom stereocenters. The average molecular weight is 469 g/mol. The van der Waals surface area contributed by atoms with Crippen molar-refractivity contribution in [2.75, 3.05) is 6.54 Å². The summed E-state index contributed by atoms with van der Waals surface area (Å²) < 4.78 is 3.50. The van der Waals surface area contributed by atoms with E-state index in [-0.39, 0.29) is 11.9 Å². The van der Waals surface area contributed by atoms with Crippen LogP contribution in [0.2, 0.25) is 0 Å². The van der Waals surface area contributed by atoms with E-state index >= 15 is 0 Å². The van der Waals surface area contributed by atoms with E-state index in [1.807, 2.05) is 72.8 Å². The first-order valence-electron chi connectivity index (χ1n) is 11.6. The Balaban J connectivity index is 0.000000469. The molecule has 1 amide bonds. The average Bonchev–Trinajstić information content (AvgIpc) is 2.91. The number of carbonyl (C=O) groups excluding carboxylic acids is 1. The predicted octanol–water partition coefficient (Wildman–Crippen LogP) is 6.77. The van der Waals surface area contributed by atoms with Crippen LogP contribution in [0.1, 0.15) is 29.2 Å². The van der Waals surface area contributed by atoms with Crippen molar-refractivity contribution < 1.29 is 4.79 Å². The SMILES string of the molecule is Cc1ccc(SNC(CNC(=O)CCc2ccccc2)c2ccccc2)cc1.c1ccccc1. The third kappa shape index (κ3) is 9.65. The number of nitrogens with one attached hydrogen (secondary N) is 2. The number of hydrogen-bond acceptors (Lipinski definition) is 3. The molecular weight excluding hydrogens is 436 g/mol. The molecule has 3 nitrogen and oxygen atoms in total. The Kier molecular flexibility index (Phi) is 11.0. The molecule has 34 heavy (non-hydrogen) atoms. The van der Waals surface area contributed by atoms with Crippen LogP contribution in [0.15, 0.2) is 126 Å². The van der Waals surface area contributed by atoms with Crippen LogP contribution < -0.4 is 10.0 Å². The van der Waals surface area contributed by atoms with Crippen molar-refractivity contribution in [2.45, 2.75) is 30.7 Å². The molecule has 0 spiro atoms. The lowest BCUT2D eigenvalue weighted by molar-refractivity contribution is -0.121. The molecule has 1 unspecified atom stereocenters. The lowest BCUT2D eigenvalue weighted by Gasteiger charge is -2.19. The van der Waals surface area contributed by atoms with Crippen LogP contribution in [0, 0.1) is 6.92 Å². The van der Waals surface area contributed by atoms with Gasteiger partial charge in [-0.1, -0.05) is 115 Å². The van der Waals surface area contributed by atoms with Gasteiger partial charge in [-0.15, -0.1) is 0 Å². The van der Waals surface area contributed by atoms with Crippen molar-refractivity contribution >= 4 is 17.9 Å². The molecule has 0 saturated carbocycles. The van der Waals surface area contributed by atoms with Gasteiger partial charge in [0.15, 0.2) is 0 Å². The smallest absolute Gasteiger partial charge is 0.220 e. The summed E-state index contributed by atoms with van der Waals surface area (Å²) in [6.07, 6.45) is 1.25. The van der Waals surface area contributed by atoms with Gasteiger partial charge in [0.05, 0.1) is 6.04 Å². The summed E-state index contributed by atoms with van der Waals surface area (Å²) in [4.78, 5) is 13.5. The van der Waals surface area contributed by atoms with Gasteiger partial charge in [0.2, 0.25) is 5.91 Å². The molecule has 0 aliphatic carbocycles. The zero-order valence-corrected chi connectivity index (χ0v) is 20.4. The Bertz CT molecular complexity index is 1040. The zero-order valence-electron chi connectivity index (χ0n) is 19.6. The summed E-state index contributed by atoms with van der Waals surface area (Å²) in [5, 5.41) is 3.08. The Morgan fingerprint density at radius 3 is 1.85 bits per heavy atom. The van der Waals surface area contributed by atoms with Crippen molar-refractivity contribution in [2.24, 2.45) is 0 Å². The molecule has 0 aromatic heterocycles. The first-order valence-corrected chi connectivity index (χ1v) is 12.4. The molecule has 4 rings (SSSR count). The van der Waals surface area contributed by atoms with Crippen molar-refractivity contribution in [3.05, 3.63) is 138 Å². The van der Waals surface area contributed by atoms with Gasteiger partial charge in [-0.05, 0) is 48.6 Å². The van der Waals surface area contributed by atoms with Crippen LogP contribution in [0.3, 0.4) is 0 Å². The number of hydrogen-bond donors (Lipinski definition) is 2. The van der Waals surface area contributed by atoms with Gasteiger partial charge in [-0.25, -0.2) is 0 Å². The molecule has 0 saturated heterocycles. The maximum atomic E-state index is 12.3. The molecule has 2 N–H and O–H groups in total. The normalized spacial score (nSPS) is 11.1. The number of benzene rings is 4. The molecule has 0 aliphatic heterocycles. The maximum Gasteiger partial charge on any atom is 0.220 e. The molecule has 0 heterocycles. The summed E-state index contributed by atoms with van der Waals surface area (Å²) in [5.74, 6) is 0.0759. The molecular formula is C30H32N2OS. The van der Waals surface area contributed by atoms with Gasteiger partial charge in [0.25, 0.3) is 0 Å². The van der Waals surface area contributed by atoms with Crippen LogP contribution in [-0.4, -0.2) is 12.5 Å². The first-order chi connectivity index (χ1) is 16.7. The minimum Gasteiger partial charge on any atom is -0.354 e. The molecule has 0 aliphatic rings. The highest BCUT2D eigenvalue weighted by molar-refractivity contribution is 7.97. The minimum absolute atomic E-state index is 0.0354. The van der Waals surface area contributed by atoms with Gasteiger partial charge in [0, 0.05) is 17.9 Å². The van der Waals surface area contributed by atoms with Crippen molar-refractivity contribution in [1.29, 1.82) is 0 Å². The second-order valence-electron chi connectivity index (χ2n) is 7.94. The van der Waals surface area contributed by atoms with E-state index in [4.69, 9.17) is 0 Å². The van der Waals surface area contributed by atoms with Crippen molar-refractivity contribution in [3.63, 3.8) is 0 Å². The van der Waals surface area contributed by atoms with Crippen molar-refractivity contribution in [3.8, 4) is 0 Å². The molecule has 174 valence electrons. The van der Waals surface area contributed by atoms with E-state index in [2.05, 4.69) is 65.5 Å². The Hall–Kier alpha value is -3.34. The first kappa shape index (κ1) is 25.3. The highest BCUT2D eigenvalue weighted by atomic mass is 32.2. The van der Waals surface area contributed by atoms with Crippen LogP contribution >= 0.6 is 11.9 Å². The third-order valence-corrected chi connectivity index (χ3v) is 6.11. The number of rotatable bonds is 9. The van der Waals surface area contributed by atoms with Gasteiger partial charge >= 0.3 is 0 Å². The fourth-order valence-electron chi connectivity index (χ4n) is 3.25. The van der Waals surface area contributed by atoms with E-state index in [1.165, 1.54) is 11.1 Å². The lowest BCUT2D eigenvalue weighted by atomic mass is 10.1. The Labute approximate surface area is 207 Å². The van der Waals surface area contributed by atoms with Crippen LogP contribution in [-0.2, 0) is 11.2 Å². The molecule has 4 aromatic rings. The summed E-state index contributed by atoms with van der Waals surface area (Å²) in [5.41, 5.74) is 3.59. The standard InChI is InChI=1S/C24H26N2OS.C6H6/c1-19-12-15-22(16-13-19)28-26-23(21-10-6-3-7-11-21)18-25-24(27)17-14-20-8-4-2-5-9-20;1-2-4-6-5-3-1/h2-13,15-16,23,26H,14,17-18H2,1H3,(H,25,27);1-6H. The topological polar surface area (TPSA) is 41.1 Å². The quantitative estimate of drug-likeness (QED) is 0.266. The van der Waals surface area contributed by atoms with Crippen LogP contribution in [0.4, 0.5) is 0 Å². The molecule has 4 aromatic carbocycles. The Morgan fingerprint density at radius 1 is 0.735 bits per heavy atom. The number of amides is 1. The molecule has 0 bridgehead atoms. The van der Waals surface area contributed by atoms with Gasteiger partial charge in [-0.2, -0.15) is 0 Å². The van der Waals surface area contributed by atoms with E-state index in [0.717, 1.165) is 16.9 Å². The van der Waals surface area contributed by atoms with Crippen LogP contribution in [0.25, 0.3) is 0 Å². The van der Waals surface area contributed by atoms with E-state index in [0.29, 0.717) is 13.0 Å². The predicted molar refractivity (Wildman–Crippen MR) is 144 cm³/mol. The minimum atomic E-state index is 0.0354. The van der Waals surface area contributed by atoms with Crippen LogP contribution in [0.5, 0.6) is 0 Å². The summed E-state index contributed by atoms with van der Waals surface area (Å²) >= 11 is 1.59. The highest BCUT2D eigenvalue weighted by Gasteiger charge is 2.13. The third-order valence-electron chi connectivity index (χ3n) is 5.20. The summed E-state index contributed by atoms with van der Waals surface area (Å²) in [6, 6.07) is 40.8. The van der Waals surface area contributed by atoms with E-state index in [1.54, 1.807) is 11.9 Å². The fraction of sp³-hybridized carbons (Fsp3) is 0.167. The zero-order chi connectivity index (χ0) is 23.8. The summed E-state index contributed by atoms with van der Waals surface area (Å²) in [7, 11) is 0. The fourth-order valence-corrected chi connectivity index (χ4v) is 4.02. The number of carbonyl (C=O) groups is 1. The van der Waals surface area contributed by atoms with Crippen molar-refractivity contribution in [1.82, 2.24) is 10.0 Å². The van der Waals surface area contributed by atoms with E-state index in [9.17, 15) is 4.79 Å². The molecule has 0 radical (unpaired) electrons. The van der Waals surface area contributed by atoms with Gasteiger partial charge < -0.3 is 5.32 Å². The molecule has 4 heteroatoms. The summed E-state index contributed by atoms with van der Waals surface area (Å²) in [6.45, 7) is 2.64. The Morgan fingerprint density at radius 2 is 1.26 bits per heavy atom. The highest BCUT2D eigenvalue weighted by Crippen LogP contribution is 2.21. The van der Waals surface area contributed by atoms with Gasteiger partial charge in [0.1, 0.15) is 0 Å². The second-order valence-corrected chi connectivity index (χ2v) is 8.85. The molecule has 0 fully saturated rings. The largest absolute Gasteiger partial charge is 0.354 e. The lowest BCUT2D eigenvalue weighted by Crippen LogP contribution is -2.32. The number of aryl methyl sites for hydroxylation is 2. The monoisotopic (exact) mass is 468 g/mol. The maximum absolute atomic E-state index is 12.3. The van der Waals surface area contributed by atoms with E-state index < -0.39 is 0 Å².